The number of anilines is 2. The molecular formula is C33H28N4O6S2. The number of amides is 2. The lowest BCUT2D eigenvalue weighted by molar-refractivity contribution is -0.114. The molecule has 12 heteroatoms. The lowest BCUT2D eigenvalue weighted by atomic mass is 10.0. The molecule has 0 spiro atoms. The molecule has 0 bridgehead atoms. The average molecular weight is 641 g/mol. The highest BCUT2D eigenvalue weighted by atomic mass is 32.2. The average Bonchev–Trinajstić information content (AvgIpc) is 3.68. The summed E-state index contributed by atoms with van der Waals surface area (Å²) in [5.41, 5.74) is 5.94. The summed E-state index contributed by atoms with van der Waals surface area (Å²) in [7, 11) is 3.12. The van der Waals surface area contributed by atoms with Crippen molar-refractivity contribution in [2.45, 2.75) is 16.9 Å². The third kappa shape index (κ3) is 7.41. The Hall–Kier alpha value is -4.94. The minimum atomic E-state index is -0.206. The van der Waals surface area contributed by atoms with E-state index in [2.05, 4.69) is 20.6 Å². The van der Waals surface area contributed by atoms with Crippen LogP contribution in [0.5, 0.6) is 11.5 Å². The van der Waals surface area contributed by atoms with Crippen LogP contribution in [0.1, 0.15) is 11.1 Å². The molecule has 2 heterocycles. The zero-order valence-electron chi connectivity index (χ0n) is 24.4. The number of hydrogen-bond acceptors (Lipinski definition) is 10. The number of nitrogens with zero attached hydrogens (tertiary/aromatic N) is 2. The van der Waals surface area contributed by atoms with Gasteiger partial charge in [-0.1, -0.05) is 59.9 Å². The first kappa shape index (κ1) is 30.1. The Balaban J connectivity index is 1.04. The summed E-state index contributed by atoms with van der Waals surface area (Å²) in [5, 5.41) is 6.68. The van der Waals surface area contributed by atoms with Crippen molar-refractivity contribution in [1.29, 1.82) is 0 Å². The molecule has 228 valence electrons. The van der Waals surface area contributed by atoms with Gasteiger partial charge in [0.2, 0.25) is 11.8 Å². The molecule has 4 aromatic carbocycles. The van der Waals surface area contributed by atoms with Gasteiger partial charge in [0.15, 0.2) is 11.2 Å². The van der Waals surface area contributed by atoms with E-state index in [9.17, 15) is 9.59 Å². The van der Waals surface area contributed by atoms with Crippen LogP contribution in [0.2, 0.25) is 0 Å². The van der Waals surface area contributed by atoms with Gasteiger partial charge >= 0.3 is 0 Å². The molecule has 0 aliphatic heterocycles. The smallest absolute Gasteiger partial charge is 0.257 e. The molecule has 6 aromatic rings. The van der Waals surface area contributed by atoms with Crippen molar-refractivity contribution in [2.24, 2.45) is 0 Å². The Bertz CT molecular complexity index is 1780. The number of hydrogen-bond donors (Lipinski definition) is 2. The topological polar surface area (TPSA) is 129 Å². The normalized spacial score (nSPS) is 11.1. The minimum Gasteiger partial charge on any atom is -0.495 e. The van der Waals surface area contributed by atoms with Gasteiger partial charge in [-0.05, 0) is 66.1 Å². The number of nitrogens with one attached hydrogen (secondary N) is 2. The molecule has 0 atom stereocenters. The van der Waals surface area contributed by atoms with Crippen LogP contribution >= 0.6 is 23.5 Å². The van der Waals surface area contributed by atoms with Gasteiger partial charge in [-0.3, -0.25) is 9.59 Å². The highest BCUT2D eigenvalue weighted by Gasteiger charge is 2.15. The molecule has 0 saturated heterocycles. The number of carbonyl (C=O) groups excluding carboxylic acids is 2. The van der Waals surface area contributed by atoms with Crippen LogP contribution in [0, 0.1) is 0 Å². The van der Waals surface area contributed by atoms with Crippen molar-refractivity contribution < 1.29 is 27.9 Å². The molecule has 2 aromatic heterocycles. The van der Waals surface area contributed by atoms with Gasteiger partial charge in [0, 0.05) is 0 Å². The molecule has 2 N–H and O–H groups in total. The molecule has 6 rings (SSSR count). The fourth-order valence-electron chi connectivity index (χ4n) is 4.59. The molecule has 0 unspecified atom stereocenters. The number of rotatable bonds is 12. The number of benzene rings is 4. The fourth-order valence-corrected chi connectivity index (χ4v) is 5.86. The second-order valence-electron chi connectivity index (χ2n) is 9.81. The molecule has 0 fully saturated rings. The third-order valence-electron chi connectivity index (χ3n) is 6.69. The number of aromatic nitrogens is 2. The minimum absolute atomic E-state index is 0.135. The van der Waals surface area contributed by atoms with Gasteiger partial charge < -0.3 is 28.9 Å². The monoisotopic (exact) mass is 640 g/mol. The number of para-hydroxylation sites is 4. The predicted octanol–water partition coefficient (Wildman–Crippen LogP) is 7.04. The second kappa shape index (κ2) is 13.8. The maximum atomic E-state index is 12.7. The maximum Gasteiger partial charge on any atom is 0.257 e. The van der Waals surface area contributed by atoms with Crippen LogP contribution in [0.15, 0.2) is 104 Å². The number of thioether (sulfide) groups is 2. The Kier molecular flexibility index (Phi) is 9.22. The lowest BCUT2D eigenvalue weighted by Gasteiger charge is -2.14. The summed E-state index contributed by atoms with van der Waals surface area (Å²) in [6.45, 7) is 0. The van der Waals surface area contributed by atoms with Crippen LogP contribution in [0.25, 0.3) is 22.2 Å². The fraction of sp³-hybridized carbons (Fsp3) is 0.152. The number of methoxy groups -OCH3 is 2. The van der Waals surface area contributed by atoms with Gasteiger partial charge in [-0.2, -0.15) is 0 Å². The maximum absolute atomic E-state index is 12.7. The number of oxazole rings is 2. The van der Waals surface area contributed by atoms with Crippen molar-refractivity contribution >= 4 is 68.9 Å². The largest absolute Gasteiger partial charge is 0.495 e. The molecule has 0 radical (unpaired) electrons. The van der Waals surface area contributed by atoms with Crippen molar-refractivity contribution in [3.8, 4) is 11.5 Å². The number of carbonyl (C=O) groups is 2. The molecule has 0 aliphatic carbocycles. The van der Waals surface area contributed by atoms with Gasteiger partial charge in [0.05, 0.1) is 37.1 Å². The van der Waals surface area contributed by atoms with E-state index >= 15 is 0 Å². The van der Waals surface area contributed by atoms with Crippen LogP contribution in [-0.2, 0) is 16.0 Å². The first-order chi connectivity index (χ1) is 22.0. The number of fused-ring (bicyclic) bond motifs is 2. The summed E-state index contributed by atoms with van der Waals surface area (Å²) in [4.78, 5) is 34.1. The summed E-state index contributed by atoms with van der Waals surface area (Å²) < 4.78 is 22.5. The van der Waals surface area contributed by atoms with Crippen molar-refractivity contribution in [1.82, 2.24) is 9.97 Å². The lowest BCUT2D eigenvalue weighted by Crippen LogP contribution is -2.15. The van der Waals surface area contributed by atoms with Crippen LogP contribution in [0.4, 0.5) is 11.4 Å². The first-order valence-electron chi connectivity index (χ1n) is 13.9. The molecule has 0 saturated carbocycles. The zero-order chi connectivity index (χ0) is 31.2. The molecule has 2 amide bonds. The Morgan fingerprint density at radius 3 is 1.53 bits per heavy atom. The van der Waals surface area contributed by atoms with Crippen molar-refractivity contribution in [3.63, 3.8) is 0 Å². The van der Waals surface area contributed by atoms with E-state index in [1.165, 1.54) is 23.5 Å². The third-order valence-corrected chi connectivity index (χ3v) is 8.35. The highest BCUT2D eigenvalue weighted by molar-refractivity contribution is 8.00. The Morgan fingerprint density at radius 2 is 1.11 bits per heavy atom. The van der Waals surface area contributed by atoms with E-state index in [1.54, 1.807) is 14.2 Å². The van der Waals surface area contributed by atoms with E-state index in [-0.39, 0.29) is 23.3 Å². The Morgan fingerprint density at radius 1 is 0.667 bits per heavy atom. The zero-order valence-corrected chi connectivity index (χ0v) is 26.0. The second-order valence-corrected chi connectivity index (χ2v) is 11.7. The van der Waals surface area contributed by atoms with E-state index in [1.807, 2.05) is 84.9 Å². The van der Waals surface area contributed by atoms with Gasteiger partial charge in [-0.15, -0.1) is 0 Å². The van der Waals surface area contributed by atoms with E-state index in [0.29, 0.717) is 50.9 Å². The van der Waals surface area contributed by atoms with Crippen molar-refractivity contribution in [3.05, 3.63) is 96.1 Å². The van der Waals surface area contributed by atoms with E-state index < -0.39 is 0 Å². The summed E-state index contributed by atoms with van der Waals surface area (Å²) in [6.07, 6.45) is 0.580. The van der Waals surface area contributed by atoms with Crippen molar-refractivity contribution in [2.75, 3.05) is 36.4 Å². The van der Waals surface area contributed by atoms with E-state index in [4.69, 9.17) is 18.3 Å². The van der Waals surface area contributed by atoms with Crippen LogP contribution in [0.3, 0.4) is 0 Å². The van der Waals surface area contributed by atoms with Gasteiger partial charge in [0.25, 0.3) is 10.4 Å². The summed E-state index contributed by atoms with van der Waals surface area (Å²) in [5.74, 6) is 0.942. The molecular weight excluding hydrogens is 613 g/mol. The number of ether oxygens (including phenoxy) is 2. The SMILES string of the molecule is COc1cc(Cc2ccc(NC(=O)CSc3nc4ccccc4o3)c(OC)c2)ccc1NC(=O)CSc1nc2ccccc2o1. The summed E-state index contributed by atoms with van der Waals surface area (Å²) >= 11 is 2.45. The standard InChI is InChI=1S/C33H28N4O6S2/c1-40-28-16-20(11-13-24(28)34-30(38)18-44-32-36-22-7-3-5-9-26(22)42-32)15-21-12-14-25(29(17-21)41-2)35-31(39)19-45-33-37-23-8-4-6-10-27(23)43-33/h3-14,16-17H,15,18-19H2,1-2H3,(H,34,38)(H,35,39). The van der Waals surface area contributed by atoms with E-state index in [0.717, 1.165) is 22.2 Å². The Labute approximate surface area is 266 Å². The van der Waals surface area contributed by atoms with Gasteiger partial charge in [-0.25, -0.2) is 9.97 Å². The first-order valence-corrected chi connectivity index (χ1v) is 15.8. The highest BCUT2D eigenvalue weighted by Crippen LogP contribution is 2.31. The van der Waals surface area contributed by atoms with Gasteiger partial charge in [0.1, 0.15) is 22.5 Å². The van der Waals surface area contributed by atoms with Crippen LogP contribution in [-0.4, -0.2) is 47.5 Å². The molecule has 0 aliphatic rings. The summed E-state index contributed by atoms with van der Waals surface area (Å²) in [6, 6.07) is 26.2. The predicted molar refractivity (Wildman–Crippen MR) is 176 cm³/mol. The van der Waals surface area contributed by atoms with Crippen LogP contribution < -0.4 is 20.1 Å². The molecule has 45 heavy (non-hydrogen) atoms. The molecule has 10 nitrogen and oxygen atoms in total. The quantitative estimate of drug-likeness (QED) is 0.134.